The van der Waals surface area contributed by atoms with Crippen LogP contribution in [0.5, 0.6) is 0 Å². The van der Waals surface area contributed by atoms with Gasteiger partial charge in [-0.1, -0.05) is 6.07 Å². The van der Waals surface area contributed by atoms with Gasteiger partial charge >= 0.3 is 0 Å². The van der Waals surface area contributed by atoms with E-state index in [0.29, 0.717) is 0 Å². The molecule has 1 heterocycles. The summed E-state index contributed by atoms with van der Waals surface area (Å²) in [5.41, 5.74) is 1.78. The van der Waals surface area contributed by atoms with Gasteiger partial charge in [0, 0.05) is 25.4 Å². The number of rotatable bonds is 2. The van der Waals surface area contributed by atoms with Gasteiger partial charge in [0.05, 0.1) is 6.10 Å². The lowest BCUT2D eigenvalue weighted by Gasteiger charge is -2.14. The highest BCUT2D eigenvalue weighted by Gasteiger charge is 2.06. The highest BCUT2D eigenvalue weighted by Crippen LogP contribution is 2.18. The zero-order chi connectivity index (χ0) is 10.0. The van der Waals surface area contributed by atoms with Gasteiger partial charge in [0.1, 0.15) is 5.82 Å². The van der Waals surface area contributed by atoms with Gasteiger partial charge in [-0.15, -0.1) is 0 Å². The fourth-order valence-electron chi connectivity index (χ4n) is 1.25. The number of aryl methyl sites for hydroxylation is 1. The number of pyridine rings is 1. The van der Waals surface area contributed by atoms with E-state index in [2.05, 4.69) is 4.98 Å². The van der Waals surface area contributed by atoms with Crippen molar-refractivity contribution in [3.8, 4) is 0 Å². The Balaban J connectivity index is 3.06. The van der Waals surface area contributed by atoms with Crippen molar-refractivity contribution in [2.24, 2.45) is 0 Å². The molecule has 0 fully saturated rings. The first-order valence-corrected chi connectivity index (χ1v) is 4.35. The van der Waals surface area contributed by atoms with Crippen molar-refractivity contribution < 1.29 is 5.11 Å². The summed E-state index contributed by atoms with van der Waals surface area (Å²) < 4.78 is 0. The summed E-state index contributed by atoms with van der Waals surface area (Å²) in [7, 11) is 3.90. The van der Waals surface area contributed by atoms with Crippen LogP contribution in [0.4, 0.5) is 5.82 Å². The van der Waals surface area contributed by atoms with Crippen molar-refractivity contribution in [1.29, 1.82) is 0 Å². The van der Waals surface area contributed by atoms with Crippen molar-refractivity contribution in [3.63, 3.8) is 0 Å². The first-order valence-electron chi connectivity index (χ1n) is 4.35. The Kier molecular flexibility index (Phi) is 2.88. The molecule has 13 heavy (non-hydrogen) atoms. The lowest BCUT2D eigenvalue weighted by Crippen LogP contribution is -2.12. The van der Waals surface area contributed by atoms with Crippen LogP contribution in [-0.4, -0.2) is 24.2 Å². The zero-order valence-corrected chi connectivity index (χ0v) is 8.57. The number of hydrogen-bond acceptors (Lipinski definition) is 3. The van der Waals surface area contributed by atoms with Crippen molar-refractivity contribution in [3.05, 3.63) is 23.4 Å². The van der Waals surface area contributed by atoms with Crippen LogP contribution in [-0.2, 0) is 0 Å². The van der Waals surface area contributed by atoms with E-state index in [1.54, 1.807) is 6.92 Å². The first kappa shape index (κ1) is 9.99. The summed E-state index contributed by atoms with van der Waals surface area (Å²) in [6.45, 7) is 3.66. The molecule has 0 aliphatic carbocycles. The molecule has 3 heteroatoms. The van der Waals surface area contributed by atoms with E-state index in [1.807, 2.05) is 38.1 Å². The molecule has 0 aliphatic rings. The molecular formula is C10H16N2O. The zero-order valence-electron chi connectivity index (χ0n) is 8.57. The van der Waals surface area contributed by atoms with E-state index in [4.69, 9.17) is 0 Å². The average Bonchev–Trinajstić information content (AvgIpc) is 2.03. The largest absolute Gasteiger partial charge is 0.389 e. The van der Waals surface area contributed by atoms with Crippen LogP contribution in [0, 0.1) is 6.92 Å². The Morgan fingerprint density at radius 2 is 2.00 bits per heavy atom. The smallest absolute Gasteiger partial charge is 0.128 e. The lowest BCUT2D eigenvalue weighted by atomic mass is 10.1. The van der Waals surface area contributed by atoms with Crippen LogP contribution in [0.25, 0.3) is 0 Å². The maximum atomic E-state index is 9.38. The molecule has 0 amide bonds. The normalized spacial score (nSPS) is 12.7. The van der Waals surface area contributed by atoms with E-state index in [9.17, 15) is 5.11 Å². The number of nitrogens with zero attached hydrogens (tertiary/aromatic N) is 2. The van der Waals surface area contributed by atoms with Gasteiger partial charge < -0.3 is 10.0 Å². The van der Waals surface area contributed by atoms with Crippen molar-refractivity contribution in [2.75, 3.05) is 19.0 Å². The highest BCUT2D eigenvalue weighted by molar-refractivity contribution is 5.40. The number of hydrogen-bond donors (Lipinski definition) is 1. The standard InChI is InChI=1S/C10H16N2O/c1-7-9(8(2)13)5-6-10(11-7)12(3)4/h5-6,8,13H,1-4H3/t8-/m1/s1. The van der Waals surface area contributed by atoms with Crippen LogP contribution < -0.4 is 4.90 Å². The number of aliphatic hydroxyl groups excluding tert-OH is 1. The van der Waals surface area contributed by atoms with Gasteiger partial charge in [0.25, 0.3) is 0 Å². The molecule has 1 aromatic rings. The van der Waals surface area contributed by atoms with E-state index >= 15 is 0 Å². The van der Waals surface area contributed by atoms with Crippen LogP contribution in [0.1, 0.15) is 24.3 Å². The van der Waals surface area contributed by atoms with Crippen LogP contribution in [0.15, 0.2) is 12.1 Å². The number of aromatic nitrogens is 1. The Bertz CT molecular complexity index is 295. The van der Waals surface area contributed by atoms with Gasteiger partial charge in [0.15, 0.2) is 0 Å². The molecule has 0 unspecified atom stereocenters. The van der Waals surface area contributed by atoms with Crippen LogP contribution >= 0.6 is 0 Å². The Morgan fingerprint density at radius 3 is 2.38 bits per heavy atom. The van der Waals surface area contributed by atoms with E-state index in [-0.39, 0.29) is 0 Å². The number of anilines is 1. The minimum absolute atomic E-state index is 0.441. The predicted molar refractivity (Wildman–Crippen MR) is 53.9 cm³/mol. The summed E-state index contributed by atoms with van der Waals surface area (Å²) in [5.74, 6) is 0.918. The predicted octanol–water partition coefficient (Wildman–Crippen LogP) is 1.51. The molecule has 1 atom stereocenters. The maximum absolute atomic E-state index is 9.38. The average molecular weight is 180 g/mol. The highest BCUT2D eigenvalue weighted by atomic mass is 16.3. The molecule has 0 radical (unpaired) electrons. The molecule has 1 rings (SSSR count). The summed E-state index contributed by atoms with van der Waals surface area (Å²) in [4.78, 5) is 6.30. The second kappa shape index (κ2) is 3.75. The molecular weight excluding hydrogens is 164 g/mol. The Labute approximate surface area is 79.0 Å². The van der Waals surface area contributed by atoms with Gasteiger partial charge in [0.2, 0.25) is 0 Å². The molecule has 0 spiro atoms. The summed E-state index contributed by atoms with van der Waals surface area (Å²) in [6, 6.07) is 3.83. The molecule has 0 saturated carbocycles. The van der Waals surface area contributed by atoms with E-state index < -0.39 is 6.10 Å². The van der Waals surface area contributed by atoms with Crippen molar-refractivity contribution in [1.82, 2.24) is 4.98 Å². The third-order valence-corrected chi connectivity index (χ3v) is 2.02. The van der Waals surface area contributed by atoms with Crippen LogP contribution in [0.2, 0.25) is 0 Å². The monoisotopic (exact) mass is 180 g/mol. The molecule has 0 bridgehead atoms. The van der Waals surface area contributed by atoms with Gasteiger partial charge in [-0.25, -0.2) is 4.98 Å². The summed E-state index contributed by atoms with van der Waals surface area (Å²) in [6.07, 6.45) is -0.441. The molecule has 1 N–H and O–H groups in total. The van der Waals surface area contributed by atoms with Gasteiger partial charge in [-0.05, 0) is 19.9 Å². The molecule has 0 aromatic carbocycles. The summed E-state index contributed by atoms with van der Waals surface area (Å²) in [5, 5.41) is 9.38. The van der Waals surface area contributed by atoms with E-state index in [1.165, 1.54) is 0 Å². The van der Waals surface area contributed by atoms with Gasteiger partial charge in [-0.2, -0.15) is 0 Å². The maximum Gasteiger partial charge on any atom is 0.128 e. The molecule has 72 valence electrons. The summed E-state index contributed by atoms with van der Waals surface area (Å²) >= 11 is 0. The fourth-order valence-corrected chi connectivity index (χ4v) is 1.25. The first-order chi connectivity index (χ1) is 6.02. The second-order valence-electron chi connectivity index (χ2n) is 3.41. The quantitative estimate of drug-likeness (QED) is 0.749. The van der Waals surface area contributed by atoms with Crippen LogP contribution in [0.3, 0.4) is 0 Å². The SMILES string of the molecule is Cc1nc(N(C)C)ccc1[C@@H](C)O. The van der Waals surface area contributed by atoms with E-state index in [0.717, 1.165) is 17.1 Å². The third-order valence-electron chi connectivity index (χ3n) is 2.02. The fraction of sp³-hybridized carbons (Fsp3) is 0.500. The molecule has 1 aromatic heterocycles. The minimum Gasteiger partial charge on any atom is -0.389 e. The lowest BCUT2D eigenvalue weighted by molar-refractivity contribution is 0.198. The molecule has 3 nitrogen and oxygen atoms in total. The molecule has 0 saturated heterocycles. The molecule has 0 aliphatic heterocycles. The van der Waals surface area contributed by atoms with Crippen molar-refractivity contribution in [2.45, 2.75) is 20.0 Å². The third kappa shape index (κ3) is 2.18. The van der Waals surface area contributed by atoms with Crippen molar-refractivity contribution >= 4 is 5.82 Å². The minimum atomic E-state index is -0.441. The Hall–Kier alpha value is -1.09. The second-order valence-corrected chi connectivity index (χ2v) is 3.41. The Morgan fingerprint density at radius 1 is 1.38 bits per heavy atom. The topological polar surface area (TPSA) is 36.4 Å². The number of aliphatic hydroxyl groups is 1. The van der Waals surface area contributed by atoms with Gasteiger partial charge in [-0.3, -0.25) is 0 Å².